The molecule has 0 bridgehead atoms. The van der Waals surface area contributed by atoms with E-state index in [1.54, 1.807) is 0 Å². The molecule has 0 spiro atoms. The number of nitrogens with zero attached hydrogens (tertiary/aromatic N) is 1. The highest BCUT2D eigenvalue weighted by atomic mass is 16.5. The average molecular weight is 478 g/mol. The lowest BCUT2D eigenvalue weighted by Gasteiger charge is -2.19. The zero-order valence-corrected chi connectivity index (χ0v) is 19.3. The first-order valence-corrected chi connectivity index (χ1v) is 11.5. The summed E-state index contributed by atoms with van der Waals surface area (Å²) in [5.74, 6) is -1.33. The van der Waals surface area contributed by atoms with Crippen LogP contribution in [0.25, 0.3) is 11.1 Å². The van der Waals surface area contributed by atoms with Gasteiger partial charge in [0.25, 0.3) is 0 Å². The number of rotatable bonds is 10. The first-order chi connectivity index (χ1) is 17.0. The van der Waals surface area contributed by atoms with Gasteiger partial charge in [-0.2, -0.15) is 0 Å². The Balaban J connectivity index is 1.30. The number of aromatic carboxylic acids is 1. The van der Waals surface area contributed by atoms with Gasteiger partial charge < -0.3 is 25.0 Å². The van der Waals surface area contributed by atoms with Crippen LogP contribution < -0.4 is 10.6 Å². The number of hydrogen-bond donors (Lipinski definition) is 3. The molecule has 2 aromatic carbocycles. The lowest BCUT2D eigenvalue weighted by atomic mass is 9.98. The van der Waals surface area contributed by atoms with Crippen LogP contribution in [0.2, 0.25) is 0 Å². The largest absolute Gasteiger partial charge is 0.476 e. The second-order valence-corrected chi connectivity index (χ2v) is 8.42. The molecule has 1 aromatic heterocycles. The number of amides is 2. The summed E-state index contributed by atoms with van der Waals surface area (Å²) in [5, 5.41) is 17.7. The number of alkyl carbamates (subject to hydrolysis) is 1. The number of aromatic nitrogens is 1. The van der Waals surface area contributed by atoms with E-state index in [9.17, 15) is 14.4 Å². The third-order valence-electron chi connectivity index (χ3n) is 5.97. The number of hydrogen-bond acceptors (Lipinski definition) is 6. The van der Waals surface area contributed by atoms with E-state index in [2.05, 4.69) is 40.1 Å². The molecule has 0 saturated heterocycles. The Hall–Kier alpha value is -4.14. The number of carboxylic acid groups (broad SMARTS) is 1. The molecule has 2 amide bonds. The Morgan fingerprint density at radius 1 is 1.09 bits per heavy atom. The predicted molar refractivity (Wildman–Crippen MR) is 127 cm³/mol. The second kappa shape index (κ2) is 10.9. The minimum Gasteiger partial charge on any atom is -0.476 e. The van der Waals surface area contributed by atoms with Crippen molar-refractivity contribution in [1.82, 2.24) is 15.8 Å². The van der Waals surface area contributed by atoms with Crippen molar-refractivity contribution < 1.29 is 28.8 Å². The molecule has 3 aromatic rings. The van der Waals surface area contributed by atoms with Gasteiger partial charge in [-0.25, -0.2) is 9.59 Å². The molecular weight excluding hydrogens is 450 g/mol. The van der Waals surface area contributed by atoms with Gasteiger partial charge >= 0.3 is 12.1 Å². The minimum absolute atomic E-state index is 0.00288. The van der Waals surface area contributed by atoms with Gasteiger partial charge in [0.2, 0.25) is 5.91 Å². The highest BCUT2D eigenvalue weighted by Gasteiger charge is 2.29. The Morgan fingerprint density at radius 2 is 1.74 bits per heavy atom. The number of nitrogens with one attached hydrogen (secondary N) is 2. The van der Waals surface area contributed by atoms with Crippen molar-refractivity contribution in [2.24, 2.45) is 0 Å². The van der Waals surface area contributed by atoms with Crippen molar-refractivity contribution in [2.45, 2.75) is 44.7 Å². The van der Waals surface area contributed by atoms with Gasteiger partial charge in [-0.1, -0.05) is 67.0 Å². The van der Waals surface area contributed by atoms with Crippen LogP contribution in [0.1, 0.15) is 59.5 Å². The highest BCUT2D eigenvalue weighted by molar-refractivity contribution is 5.85. The number of fused-ring (bicyclic) bond motifs is 3. The van der Waals surface area contributed by atoms with Gasteiger partial charge in [0.05, 0.1) is 6.54 Å². The standard InChI is InChI=1S/C26H27N3O6/c1-2-7-16(12-24(30)27-14-17-13-23(25(31)32)29-35-17)28-26(33)34-15-22-20-10-5-3-8-18(20)19-9-4-6-11-21(19)22/h3-6,8-11,13,16,22H,2,7,12,14-15H2,1H3,(H,27,30)(H,28,33)(H,31,32)/t16-/m1/s1. The van der Waals surface area contributed by atoms with Gasteiger partial charge in [0.15, 0.2) is 11.5 Å². The molecule has 0 saturated carbocycles. The van der Waals surface area contributed by atoms with Crippen LogP contribution in [0.15, 0.2) is 59.1 Å². The zero-order valence-electron chi connectivity index (χ0n) is 19.3. The van der Waals surface area contributed by atoms with E-state index in [0.717, 1.165) is 28.7 Å². The zero-order chi connectivity index (χ0) is 24.8. The summed E-state index contributed by atoms with van der Waals surface area (Å²) in [6, 6.07) is 17.1. The molecule has 1 atom stereocenters. The predicted octanol–water partition coefficient (Wildman–Crippen LogP) is 4.09. The summed E-state index contributed by atoms with van der Waals surface area (Å²) in [4.78, 5) is 35.8. The third kappa shape index (κ3) is 5.68. The topological polar surface area (TPSA) is 131 Å². The number of ether oxygens (including phenoxy) is 1. The fourth-order valence-electron chi connectivity index (χ4n) is 4.36. The van der Waals surface area contributed by atoms with Crippen LogP contribution in [-0.2, 0) is 16.1 Å². The van der Waals surface area contributed by atoms with E-state index in [1.165, 1.54) is 6.07 Å². The molecule has 1 aliphatic rings. The number of carbonyl (C=O) groups excluding carboxylic acids is 2. The summed E-state index contributed by atoms with van der Waals surface area (Å²) in [6.07, 6.45) is 0.853. The Labute approximate surface area is 202 Å². The maximum Gasteiger partial charge on any atom is 0.407 e. The van der Waals surface area contributed by atoms with E-state index in [0.29, 0.717) is 6.42 Å². The van der Waals surface area contributed by atoms with Crippen LogP contribution in [0.5, 0.6) is 0 Å². The van der Waals surface area contributed by atoms with Crippen molar-refractivity contribution in [1.29, 1.82) is 0 Å². The third-order valence-corrected chi connectivity index (χ3v) is 5.97. The maximum absolute atomic E-state index is 12.6. The van der Waals surface area contributed by atoms with E-state index in [1.807, 2.05) is 31.2 Å². The van der Waals surface area contributed by atoms with E-state index >= 15 is 0 Å². The number of benzene rings is 2. The summed E-state index contributed by atoms with van der Waals surface area (Å²) in [6.45, 7) is 2.16. The molecule has 0 fully saturated rings. The molecule has 1 heterocycles. The summed E-state index contributed by atoms with van der Waals surface area (Å²) >= 11 is 0. The van der Waals surface area contributed by atoms with Gasteiger partial charge in [0, 0.05) is 24.4 Å². The molecule has 182 valence electrons. The van der Waals surface area contributed by atoms with Crippen LogP contribution in [-0.4, -0.2) is 40.9 Å². The lowest BCUT2D eigenvalue weighted by molar-refractivity contribution is -0.121. The lowest BCUT2D eigenvalue weighted by Crippen LogP contribution is -2.39. The molecule has 1 aliphatic carbocycles. The molecule has 35 heavy (non-hydrogen) atoms. The van der Waals surface area contributed by atoms with E-state index in [4.69, 9.17) is 14.4 Å². The molecule has 9 nitrogen and oxygen atoms in total. The van der Waals surface area contributed by atoms with E-state index < -0.39 is 18.1 Å². The van der Waals surface area contributed by atoms with E-state index in [-0.39, 0.29) is 42.9 Å². The molecule has 9 heteroatoms. The quantitative estimate of drug-likeness (QED) is 0.401. The van der Waals surface area contributed by atoms with Crippen LogP contribution >= 0.6 is 0 Å². The van der Waals surface area contributed by atoms with Gasteiger partial charge in [-0.05, 0) is 28.7 Å². The van der Waals surface area contributed by atoms with Crippen molar-refractivity contribution in [2.75, 3.05) is 6.61 Å². The highest BCUT2D eigenvalue weighted by Crippen LogP contribution is 2.44. The van der Waals surface area contributed by atoms with Crippen LogP contribution in [0, 0.1) is 0 Å². The van der Waals surface area contributed by atoms with Gasteiger partial charge in [0.1, 0.15) is 6.61 Å². The summed E-state index contributed by atoms with van der Waals surface area (Å²) < 4.78 is 10.5. The monoisotopic (exact) mass is 477 g/mol. The Kier molecular flexibility index (Phi) is 7.45. The fraction of sp³-hybridized carbons (Fsp3) is 0.308. The normalized spacial score (nSPS) is 12.9. The van der Waals surface area contributed by atoms with Gasteiger partial charge in [-0.3, -0.25) is 4.79 Å². The molecular formula is C26H27N3O6. The van der Waals surface area contributed by atoms with Crippen molar-refractivity contribution >= 4 is 18.0 Å². The molecule has 0 aliphatic heterocycles. The number of carbonyl (C=O) groups is 3. The first kappa shape index (κ1) is 24.0. The second-order valence-electron chi connectivity index (χ2n) is 8.42. The molecule has 0 unspecified atom stereocenters. The van der Waals surface area contributed by atoms with Gasteiger partial charge in [-0.15, -0.1) is 0 Å². The first-order valence-electron chi connectivity index (χ1n) is 11.5. The fourth-order valence-corrected chi connectivity index (χ4v) is 4.36. The molecule has 4 rings (SSSR count). The van der Waals surface area contributed by atoms with Crippen molar-refractivity contribution in [3.05, 3.63) is 77.2 Å². The van der Waals surface area contributed by atoms with Crippen molar-refractivity contribution in [3.63, 3.8) is 0 Å². The summed E-state index contributed by atoms with van der Waals surface area (Å²) in [7, 11) is 0. The molecule has 3 N–H and O–H groups in total. The van der Waals surface area contributed by atoms with Crippen LogP contribution in [0.4, 0.5) is 4.79 Å². The van der Waals surface area contributed by atoms with Crippen molar-refractivity contribution in [3.8, 4) is 11.1 Å². The van der Waals surface area contributed by atoms with Crippen LogP contribution in [0.3, 0.4) is 0 Å². The summed E-state index contributed by atoms with van der Waals surface area (Å²) in [5.41, 5.74) is 4.34. The SMILES string of the molecule is CCC[C@H](CC(=O)NCc1cc(C(=O)O)no1)NC(=O)OCC1c2ccccc2-c2ccccc21. The maximum atomic E-state index is 12.6. The average Bonchev–Trinajstić information content (AvgIpc) is 3.45. The number of carboxylic acids is 1. The Morgan fingerprint density at radius 3 is 2.34 bits per heavy atom. The smallest absolute Gasteiger partial charge is 0.407 e. The Bertz CT molecular complexity index is 1180. The molecule has 0 radical (unpaired) electrons. The minimum atomic E-state index is -1.21.